The van der Waals surface area contributed by atoms with E-state index >= 15 is 0 Å². The van der Waals surface area contributed by atoms with Crippen LogP contribution in [-0.2, 0) is 59.9 Å². The highest BCUT2D eigenvalue weighted by Gasteiger charge is 2.49. The van der Waals surface area contributed by atoms with Gasteiger partial charge >= 0.3 is 5.97 Å². The predicted molar refractivity (Wildman–Crippen MR) is 245 cm³/mol. The second-order valence-electron chi connectivity index (χ2n) is 19.0. The zero-order valence-electron chi connectivity index (χ0n) is 38.7. The smallest absolute Gasteiger partial charge is 0.355 e. The number of rotatable bonds is 9. The fourth-order valence-corrected chi connectivity index (χ4v) is 9.68. The number of hydrogen-bond acceptors (Lipinski definition) is 12. The number of ether oxygens (including phenoxy) is 2. The van der Waals surface area contributed by atoms with Gasteiger partial charge in [-0.2, -0.15) is 5.43 Å². The lowest BCUT2D eigenvalue weighted by Gasteiger charge is -2.40. The van der Waals surface area contributed by atoms with Crippen molar-refractivity contribution in [2.45, 2.75) is 89.8 Å². The number of pyridine rings is 1. The van der Waals surface area contributed by atoms with Crippen LogP contribution in [0.2, 0.25) is 0 Å². The van der Waals surface area contributed by atoms with Gasteiger partial charge in [-0.1, -0.05) is 46.4 Å². The van der Waals surface area contributed by atoms with Gasteiger partial charge < -0.3 is 44.5 Å². The Bertz CT molecular complexity index is 2570. The van der Waals surface area contributed by atoms with Gasteiger partial charge in [-0.25, -0.2) is 4.79 Å². The molecule has 5 heterocycles. The Morgan fingerprint density at radius 2 is 1.85 bits per heavy atom. The molecule has 5 N–H and O–H groups in total. The van der Waals surface area contributed by atoms with Gasteiger partial charge in [-0.3, -0.25) is 29.2 Å². The third-order valence-electron chi connectivity index (χ3n) is 13.0. The zero-order chi connectivity index (χ0) is 47.9. The molecule has 4 atom stereocenters. The number of aromatic hydroxyl groups is 1. The summed E-state index contributed by atoms with van der Waals surface area (Å²) in [5.74, 6) is -4.19. The summed E-state index contributed by atoms with van der Waals surface area (Å²) in [4.78, 5) is 76.5. The molecule has 17 heteroatoms. The highest BCUT2D eigenvalue weighted by molar-refractivity contribution is 5.97. The number of hydrazine groups is 1. The van der Waals surface area contributed by atoms with Crippen LogP contribution < -0.4 is 10.7 Å². The number of phenolic OH excluding ortho intramolecular Hbond substituents is 1. The van der Waals surface area contributed by atoms with Gasteiger partial charge in [0.15, 0.2) is 5.60 Å². The average molecular weight is 908 g/mol. The van der Waals surface area contributed by atoms with Crippen LogP contribution >= 0.6 is 0 Å². The monoisotopic (exact) mass is 907 g/mol. The first-order valence-electron chi connectivity index (χ1n) is 22.3. The third kappa shape index (κ3) is 9.43. The summed E-state index contributed by atoms with van der Waals surface area (Å²) >= 11 is 0. The van der Waals surface area contributed by atoms with E-state index < -0.39 is 64.3 Å². The minimum absolute atomic E-state index is 0.0495. The van der Waals surface area contributed by atoms with Crippen molar-refractivity contribution in [3.05, 3.63) is 84.2 Å². The first-order valence-corrected chi connectivity index (χ1v) is 22.3. The summed E-state index contributed by atoms with van der Waals surface area (Å²) in [5, 5.41) is 39.4. The summed E-state index contributed by atoms with van der Waals surface area (Å²) < 4.78 is 13.6. The maximum absolute atomic E-state index is 14.7. The van der Waals surface area contributed by atoms with Crippen LogP contribution in [0.5, 0.6) is 5.75 Å². The van der Waals surface area contributed by atoms with Gasteiger partial charge in [-0.05, 0) is 83.5 Å². The summed E-state index contributed by atoms with van der Waals surface area (Å²) in [7, 11) is 4.99. The number of fused-ring (bicyclic) bond motifs is 6. The number of aryl methyl sites for hydroxylation is 1. The van der Waals surface area contributed by atoms with Crippen molar-refractivity contribution in [2.75, 3.05) is 40.4 Å². The van der Waals surface area contributed by atoms with Crippen molar-refractivity contribution in [1.29, 1.82) is 0 Å². The number of amides is 4. The van der Waals surface area contributed by atoms with Gasteiger partial charge in [0, 0.05) is 81.6 Å². The first-order chi connectivity index (χ1) is 31.2. The topological polar surface area (TPSA) is 216 Å². The zero-order valence-corrected chi connectivity index (χ0v) is 38.7. The number of nitrogens with zero attached hydrogens (tertiary/aromatic N) is 5. The second kappa shape index (κ2) is 18.6. The fourth-order valence-electron chi connectivity index (χ4n) is 9.68. The van der Waals surface area contributed by atoms with E-state index in [0.29, 0.717) is 17.5 Å². The molecule has 0 aliphatic carbocycles. The molecule has 0 spiro atoms. The number of benzene rings is 2. The molecule has 6 bridgehead atoms. The van der Waals surface area contributed by atoms with Crippen LogP contribution in [-0.4, -0.2) is 133 Å². The van der Waals surface area contributed by atoms with Crippen molar-refractivity contribution in [3.8, 4) is 28.1 Å². The molecular formula is C49H61N7O10. The molecule has 2 fully saturated rings. The molecule has 66 heavy (non-hydrogen) atoms. The van der Waals surface area contributed by atoms with Gasteiger partial charge in [0.25, 0.3) is 11.8 Å². The number of likely N-dealkylation sites (N-methyl/N-ethyl adjacent to an activating group) is 1. The molecule has 4 amide bonds. The number of carbonyl (C=O) groups excluding carboxylic acids is 5. The van der Waals surface area contributed by atoms with Crippen molar-refractivity contribution in [2.24, 2.45) is 18.4 Å². The minimum Gasteiger partial charge on any atom is -0.508 e. The molecule has 1 unspecified atom stereocenters. The Morgan fingerprint density at radius 3 is 2.56 bits per heavy atom. The van der Waals surface area contributed by atoms with Gasteiger partial charge in [0.05, 0.1) is 31.1 Å². The van der Waals surface area contributed by atoms with Crippen molar-refractivity contribution in [3.63, 3.8) is 0 Å². The molecule has 2 aromatic carbocycles. The third-order valence-corrected chi connectivity index (χ3v) is 13.0. The summed E-state index contributed by atoms with van der Waals surface area (Å²) in [5.41, 5.74) is 4.05. The average Bonchev–Trinajstić information content (AvgIpc) is 3.81. The maximum atomic E-state index is 14.7. The standard InChI is InChI=1S/C49H61N7O10/c1-9-40(58)55-19-16-48(63,27-55)45(61)54(7)41(29(2)3)43(59)51-37-22-30-20-32(23-33(57)21-30)31-13-14-39-35(24-31)36(42(53(39)6)34-12-10-17-50-38(34)26-65-8)25-47(4,5)28-66-46(62)49(64)15-11-18-56(52-49)44(37)60/h9-10,12-14,17,20-21,23-24,29,37,41,52,57,63-64H,1,11,15-16,18-19,22,25-28H2,2-8H3,(H,51,59)/t37-,41-,48?,49-/m0/s1. The van der Waals surface area contributed by atoms with E-state index in [2.05, 4.69) is 26.9 Å². The van der Waals surface area contributed by atoms with Gasteiger partial charge in [0.2, 0.25) is 17.5 Å². The maximum Gasteiger partial charge on any atom is 0.355 e. The molecule has 3 aliphatic heterocycles. The molecule has 4 aromatic rings. The number of methoxy groups -OCH3 is 1. The number of β-amino-alcohol motifs (C(OH)–C–C–N with tert-alkyl or cyclic N) is 1. The number of phenols is 1. The Kier molecular flexibility index (Phi) is 13.5. The molecule has 0 radical (unpaired) electrons. The summed E-state index contributed by atoms with van der Waals surface area (Å²) in [6, 6.07) is 12.3. The van der Waals surface area contributed by atoms with Crippen molar-refractivity contribution >= 4 is 40.5 Å². The van der Waals surface area contributed by atoms with Crippen LogP contribution in [0, 0.1) is 11.3 Å². The Balaban J connectivity index is 1.31. The summed E-state index contributed by atoms with van der Waals surface area (Å²) in [6.45, 7) is 11.0. The number of esters is 1. The lowest BCUT2D eigenvalue weighted by molar-refractivity contribution is -0.189. The van der Waals surface area contributed by atoms with E-state index in [1.165, 1.54) is 18.0 Å². The van der Waals surface area contributed by atoms with Crippen LogP contribution in [0.3, 0.4) is 0 Å². The summed E-state index contributed by atoms with van der Waals surface area (Å²) in [6.07, 6.45) is 3.19. The number of carbonyl (C=O) groups is 5. The Morgan fingerprint density at radius 1 is 1.09 bits per heavy atom. The van der Waals surface area contributed by atoms with E-state index in [4.69, 9.17) is 9.47 Å². The van der Waals surface area contributed by atoms with E-state index in [9.17, 15) is 39.3 Å². The number of hydrogen-bond donors (Lipinski definition) is 5. The normalized spacial score (nSPS) is 22.7. The Labute approximate surface area is 384 Å². The Hall–Kier alpha value is -6.14. The van der Waals surface area contributed by atoms with Crippen LogP contribution in [0.15, 0.2) is 67.4 Å². The van der Waals surface area contributed by atoms with E-state index in [0.717, 1.165) is 55.0 Å². The minimum atomic E-state index is -2.29. The lowest BCUT2D eigenvalue weighted by atomic mass is 9.84. The van der Waals surface area contributed by atoms with E-state index in [1.54, 1.807) is 33.2 Å². The van der Waals surface area contributed by atoms with E-state index in [-0.39, 0.29) is 64.3 Å². The largest absolute Gasteiger partial charge is 0.508 e. The molecule has 0 saturated carbocycles. The molecule has 7 rings (SSSR count). The molecule has 2 aromatic heterocycles. The molecule has 3 aliphatic rings. The fraction of sp³-hybridized carbons (Fsp3) is 0.469. The van der Waals surface area contributed by atoms with Crippen molar-refractivity contribution in [1.82, 2.24) is 35.1 Å². The highest BCUT2D eigenvalue weighted by Crippen LogP contribution is 2.41. The number of nitrogens with one attached hydrogen (secondary N) is 2. The molecule has 352 valence electrons. The molecule has 2 saturated heterocycles. The number of likely N-dealkylation sites (tertiary alicyclic amines) is 1. The van der Waals surface area contributed by atoms with Gasteiger partial charge in [-0.15, -0.1) is 0 Å². The lowest BCUT2D eigenvalue weighted by Crippen LogP contribution is -2.67. The number of aromatic nitrogens is 2. The predicted octanol–water partition coefficient (Wildman–Crippen LogP) is 3.36. The SMILES string of the molecule is C=CC(=O)N1CCC(O)(C(=O)N(C)[C@H](C(=O)N[C@H]2Cc3cc(O)cc(c3)-c3ccc4c(c3)c(c(-c3cccnc3COC)n4C)CC(C)(C)COC(=O)[C@@]3(O)CCCN(N3)C2=O)C(C)C)C1. The van der Waals surface area contributed by atoms with Crippen molar-refractivity contribution < 1.29 is 48.8 Å². The van der Waals surface area contributed by atoms with E-state index in [1.807, 2.05) is 57.3 Å². The molecule has 17 nitrogen and oxygen atoms in total. The number of aliphatic hydroxyl groups is 2. The van der Waals surface area contributed by atoms with Crippen LogP contribution in [0.4, 0.5) is 0 Å². The van der Waals surface area contributed by atoms with Crippen LogP contribution in [0.25, 0.3) is 33.3 Å². The van der Waals surface area contributed by atoms with Gasteiger partial charge in [0.1, 0.15) is 17.8 Å². The highest BCUT2D eigenvalue weighted by atomic mass is 16.6. The molecular weight excluding hydrogens is 847 g/mol. The first kappa shape index (κ1) is 47.8. The second-order valence-corrected chi connectivity index (χ2v) is 19.0. The quantitative estimate of drug-likeness (QED) is 0.121. The number of cyclic esters (lactones) is 1. The van der Waals surface area contributed by atoms with Crippen LogP contribution in [0.1, 0.15) is 63.8 Å².